The van der Waals surface area contributed by atoms with Crippen LogP contribution in [-0.2, 0) is 0 Å². The van der Waals surface area contributed by atoms with E-state index in [0.717, 1.165) is 6.07 Å². The lowest BCUT2D eigenvalue weighted by atomic mass is 10.2. The predicted molar refractivity (Wildman–Crippen MR) is 57.4 cm³/mol. The van der Waals surface area contributed by atoms with E-state index in [1.807, 2.05) is 0 Å². The number of benzene rings is 1. The number of carbonyl (C=O) groups is 1. The molecule has 3 N–H and O–H groups in total. The van der Waals surface area contributed by atoms with Gasteiger partial charge in [0.1, 0.15) is 5.82 Å². The predicted octanol–water partition coefficient (Wildman–Crippen LogP) is 1.56. The first-order valence-corrected chi connectivity index (χ1v) is 4.88. The number of hydrogen-bond donors (Lipinski definition) is 2. The monoisotopic (exact) mass is 230 g/mol. The molecule has 0 aliphatic rings. The number of rotatable bonds is 3. The molecule has 0 aliphatic carbocycles. The van der Waals surface area contributed by atoms with Crippen LogP contribution in [0.3, 0.4) is 0 Å². The van der Waals surface area contributed by atoms with Crippen LogP contribution in [0.1, 0.15) is 17.3 Å². The molecule has 0 heterocycles. The van der Waals surface area contributed by atoms with E-state index in [1.165, 1.54) is 12.1 Å². The van der Waals surface area contributed by atoms with Crippen LogP contribution in [0.25, 0.3) is 0 Å². The zero-order chi connectivity index (χ0) is 11.4. The van der Waals surface area contributed by atoms with Crippen molar-refractivity contribution < 1.29 is 9.18 Å². The molecule has 5 heteroatoms. The minimum atomic E-state index is -0.542. The maximum atomic E-state index is 12.8. The van der Waals surface area contributed by atoms with Gasteiger partial charge >= 0.3 is 0 Å². The van der Waals surface area contributed by atoms with Crippen LogP contribution < -0.4 is 11.1 Å². The molecule has 1 rings (SSSR count). The highest BCUT2D eigenvalue weighted by Crippen LogP contribution is 2.15. The average molecular weight is 231 g/mol. The van der Waals surface area contributed by atoms with Crippen LogP contribution in [0.4, 0.5) is 4.39 Å². The molecular weight excluding hydrogens is 219 g/mol. The first kappa shape index (κ1) is 11.9. The number of carbonyl (C=O) groups excluding carboxylic acids is 1. The van der Waals surface area contributed by atoms with Crippen molar-refractivity contribution >= 4 is 17.5 Å². The van der Waals surface area contributed by atoms with Crippen molar-refractivity contribution in [3.8, 4) is 0 Å². The molecule has 0 spiro atoms. The van der Waals surface area contributed by atoms with Crippen LogP contribution in [0, 0.1) is 5.82 Å². The van der Waals surface area contributed by atoms with E-state index >= 15 is 0 Å². The normalized spacial score (nSPS) is 12.3. The fraction of sp³-hybridized carbons (Fsp3) is 0.300. The number of amides is 1. The van der Waals surface area contributed by atoms with Gasteiger partial charge < -0.3 is 11.1 Å². The Bertz CT molecular complexity index is 370. The molecule has 0 bridgehead atoms. The Labute approximate surface area is 92.4 Å². The zero-order valence-electron chi connectivity index (χ0n) is 8.26. The van der Waals surface area contributed by atoms with Gasteiger partial charge in [0, 0.05) is 18.2 Å². The van der Waals surface area contributed by atoms with Gasteiger partial charge in [0.25, 0.3) is 5.91 Å². The summed E-state index contributed by atoms with van der Waals surface area (Å²) in [7, 11) is 0. The number of nitrogens with two attached hydrogens (primary N) is 1. The minimum absolute atomic E-state index is 0.0666. The first-order valence-electron chi connectivity index (χ1n) is 4.50. The Morgan fingerprint density at radius 2 is 2.33 bits per heavy atom. The topological polar surface area (TPSA) is 55.1 Å². The number of hydrogen-bond acceptors (Lipinski definition) is 2. The van der Waals surface area contributed by atoms with Crippen molar-refractivity contribution in [2.75, 3.05) is 6.54 Å². The zero-order valence-corrected chi connectivity index (χ0v) is 9.01. The van der Waals surface area contributed by atoms with Gasteiger partial charge in [0.2, 0.25) is 0 Å². The van der Waals surface area contributed by atoms with Gasteiger partial charge in [-0.05, 0) is 25.1 Å². The third-order valence-electron chi connectivity index (χ3n) is 1.91. The molecule has 0 aromatic heterocycles. The van der Waals surface area contributed by atoms with E-state index in [4.69, 9.17) is 17.3 Å². The smallest absolute Gasteiger partial charge is 0.251 e. The van der Waals surface area contributed by atoms with Crippen molar-refractivity contribution in [1.29, 1.82) is 0 Å². The van der Waals surface area contributed by atoms with Crippen LogP contribution in [-0.4, -0.2) is 18.5 Å². The molecule has 1 aromatic carbocycles. The fourth-order valence-corrected chi connectivity index (χ4v) is 1.18. The molecule has 0 saturated heterocycles. The third-order valence-corrected chi connectivity index (χ3v) is 2.20. The molecule has 1 atom stereocenters. The second-order valence-corrected chi connectivity index (χ2v) is 3.65. The molecule has 15 heavy (non-hydrogen) atoms. The lowest BCUT2D eigenvalue weighted by Crippen LogP contribution is -2.37. The lowest BCUT2D eigenvalue weighted by Gasteiger charge is -2.11. The number of nitrogens with one attached hydrogen (secondary N) is 1. The van der Waals surface area contributed by atoms with Crippen molar-refractivity contribution in [1.82, 2.24) is 5.32 Å². The van der Waals surface area contributed by atoms with Gasteiger partial charge in [0.05, 0.1) is 5.02 Å². The highest BCUT2D eigenvalue weighted by molar-refractivity contribution is 6.31. The van der Waals surface area contributed by atoms with Crippen molar-refractivity contribution in [2.45, 2.75) is 13.0 Å². The summed E-state index contributed by atoms with van der Waals surface area (Å²) in [5.41, 5.74) is 5.67. The van der Waals surface area contributed by atoms with Gasteiger partial charge in [-0.3, -0.25) is 4.79 Å². The molecule has 1 aromatic rings. The SMILES string of the molecule is C[C@H](CN)NC(=O)c1ccc(F)c(Cl)c1. The van der Waals surface area contributed by atoms with Crippen molar-refractivity contribution in [2.24, 2.45) is 5.73 Å². The Hall–Kier alpha value is -1.13. The quantitative estimate of drug-likeness (QED) is 0.828. The van der Waals surface area contributed by atoms with Gasteiger partial charge in [-0.1, -0.05) is 11.6 Å². The van der Waals surface area contributed by atoms with Gasteiger partial charge in [-0.2, -0.15) is 0 Å². The number of halogens is 2. The van der Waals surface area contributed by atoms with Crippen molar-refractivity contribution in [3.63, 3.8) is 0 Å². The molecule has 1 amide bonds. The highest BCUT2D eigenvalue weighted by atomic mass is 35.5. The van der Waals surface area contributed by atoms with E-state index in [1.54, 1.807) is 6.92 Å². The first-order chi connectivity index (χ1) is 7.04. The second kappa shape index (κ2) is 5.09. The maximum absolute atomic E-state index is 12.8. The molecule has 0 unspecified atom stereocenters. The average Bonchev–Trinajstić information content (AvgIpc) is 2.21. The van der Waals surface area contributed by atoms with Crippen LogP contribution >= 0.6 is 11.6 Å². The minimum Gasteiger partial charge on any atom is -0.348 e. The summed E-state index contributed by atoms with van der Waals surface area (Å²) in [5.74, 6) is -0.852. The van der Waals surface area contributed by atoms with E-state index < -0.39 is 5.82 Å². The Kier molecular flexibility index (Phi) is 4.05. The Balaban J connectivity index is 2.78. The van der Waals surface area contributed by atoms with Crippen LogP contribution in [0.2, 0.25) is 5.02 Å². The summed E-state index contributed by atoms with van der Waals surface area (Å²) in [6.45, 7) is 2.13. The lowest BCUT2D eigenvalue weighted by molar-refractivity contribution is 0.0941. The van der Waals surface area contributed by atoms with E-state index in [0.29, 0.717) is 12.1 Å². The molecule has 0 fully saturated rings. The summed E-state index contributed by atoms with van der Waals surface area (Å²) in [6, 6.07) is 3.70. The van der Waals surface area contributed by atoms with Crippen LogP contribution in [0.5, 0.6) is 0 Å². The second-order valence-electron chi connectivity index (χ2n) is 3.24. The van der Waals surface area contributed by atoms with E-state index in [2.05, 4.69) is 5.32 Å². The Morgan fingerprint density at radius 3 is 2.87 bits per heavy atom. The van der Waals surface area contributed by atoms with Crippen LogP contribution in [0.15, 0.2) is 18.2 Å². The third kappa shape index (κ3) is 3.18. The van der Waals surface area contributed by atoms with E-state index in [-0.39, 0.29) is 17.0 Å². The molecule has 0 radical (unpaired) electrons. The fourth-order valence-electron chi connectivity index (χ4n) is 1.00. The Morgan fingerprint density at radius 1 is 1.67 bits per heavy atom. The standard InChI is InChI=1S/C10H12ClFN2O/c1-6(5-13)14-10(15)7-2-3-9(12)8(11)4-7/h2-4,6H,5,13H2,1H3,(H,14,15)/t6-/m1/s1. The molecule has 82 valence electrons. The van der Waals surface area contributed by atoms with Crippen molar-refractivity contribution in [3.05, 3.63) is 34.6 Å². The summed E-state index contributed by atoms with van der Waals surface area (Å²) in [6.07, 6.45) is 0. The van der Waals surface area contributed by atoms with E-state index in [9.17, 15) is 9.18 Å². The summed E-state index contributed by atoms with van der Waals surface area (Å²) >= 11 is 5.55. The molecule has 0 saturated carbocycles. The summed E-state index contributed by atoms with van der Waals surface area (Å²) in [5, 5.41) is 2.58. The summed E-state index contributed by atoms with van der Waals surface area (Å²) in [4.78, 5) is 11.5. The summed E-state index contributed by atoms with van der Waals surface area (Å²) < 4.78 is 12.8. The largest absolute Gasteiger partial charge is 0.348 e. The van der Waals surface area contributed by atoms with Gasteiger partial charge in [0.15, 0.2) is 0 Å². The van der Waals surface area contributed by atoms with Gasteiger partial charge in [-0.25, -0.2) is 4.39 Å². The molecule has 0 aliphatic heterocycles. The highest BCUT2D eigenvalue weighted by Gasteiger charge is 2.10. The molecular formula is C10H12ClFN2O. The van der Waals surface area contributed by atoms with Gasteiger partial charge in [-0.15, -0.1) is 0 Å². The molecule has 3 nitrogen and oxygen atoms in total. The maximum Gasteiger partial charge on any atom is 0.251 e.